The average Bonchev–Trinajstić information content (AvgIpc) is 3.22. The molecule has 4 rings (SSSR count). The van der Waals surface area contributed by atoms with Crippen molar-refractivity contribution in [2.45, 2.75) is 51.1 Å². The molecule has 0 bridgehead atoms. The number of likely N-dealkylation sites (tertiary alicyclic amines) is 3. The molecule has 1 atom stereocenters. The number of carbonyl (C=O) groups excluding carboxylic acids is 2. The van der Waals surface area contributed by atoms with Crippen molar-refractivity contribution in [2.24, 2.45) is 5.92 Å². The molecule has 3 fully saturated rings. The summed E-state index contributed by atoms with van der Waals surface area (Å²) < 4.78 is 0. The van der Waals surface area contributed by atoms with Gasteiger partial charge in [0.1, 0.15) is 0 Å². The first-order chi connectivity index (χ1) is 14.7. The standard InChI is InChI=1S/C23H35N5O2/c29-22-7-4-11-27(22)16-15-26-13-8-21(9-14-26)28-12-3-5-19(18-28)23(30)25-17-20-6-1-2-10-24-20/h1-2,6,10,19,21H,3-5,7-9,11-18H2,(H,25,30)/t19-/m0/s1. The molecule has 3 aliphatic rings. The third-order valence-electron chi connectivity index (χ3n) is 6.92. The minimum Gasteiger partial charge on any atom is -0.350 e. The summed E-state index contributed by atoms with van der Waals surface area (Å²) in [6.45, 7) is 7.50. The van der Waals surface area contributed by atoms with Crippen LogP contribution in [0.1, 0.15) is 44.2 Å². The van der Waals surface area contributed by atoms with Crippen molar-refractivity contribution in [3.63, 3.8) is 0 Å². The van der Waals surface area contributed by atoms with Gasteiger partial charge >= 0.3 is 0 Å². The van der Waals surface area contributed by atoms with E-state index in [-0.39, 0.29) is 11.8 Å². The Balaban J connectivity index is 1.18. The quantitative estimate of drug-likeness (QED) is 0.734. The summed E-state index contributed by atoms with van der Waals surface area (Å²) in [5, 5.41) is 3.08. The van der Waals surface area contributed by atoms with Crippen LogP contribution < -0.4 is 5.32 Å². The number of pyridine rings is 1. The minimum atomic E-state index is 0.0849. The van der Waals surface area contributed by atoms with Gasteiger partial charge < -0.3 is 15.1 Å². The molecule has 30 heavy (non-hydrogen) atoms. The molecule has 4 heterocycles. The highest BCUT2D eigenvalue weighted by atomic mass is 16.2. The number of piperidine rings is 2. The van der Waals surface area contributed by atoms with Gasteiger partial charge in [0.25, 0.3) is 0 Å². The van der Waals surface area contributed by atoms with Crippen LogP contribution >= 0.6 is 0 Å². The van der Waals surface area contributed by atoms with Crippen molar-refractivity contribution in [3.8, 4) is 0 Å². The van der Waals surface area contributed by atoms with Gasteiger partial charge in [0.2, 0.25) is 11.8 Å². The lowest BCUT2D eigenvalue weighted by Gasteiger charge is -2.42. The first-order valence-corrected chi connectivity index (χ1v) is 11.6. The van der Waals surface area contributed by atoms with Crippen LogP contribution in [-0.2, 0) is 16.1 Å². The van der Waals surface area contributed by atoms with E-state index >= 15 is 0 Å². The molecule has 7 heteroatoms. The molecule has 0 saturated carbocycles. The predicted octanol–water partition coefficient (Wildman–Crippen LogP) is 1.50. The smallest absolute Gasteiger partial charge is 0.224 e. The van der Waals surface area contributed by atoms with E-state index in [1.54, 1.807) is 6.20 Å². The van der Waals surface area contributed by atoms with Crippen molar-refractivity contribution in [1.82, 2.24) is 25.0 Å². The molecular formula is C23H35N5O2. The van der Waals surface area contributed by atoms with Crippen molar-refractivity contribution in [2.75, 3.05) is 45.8 Å². The van der Waals surface area contributed by atoms with Crippen LogP contribution in [0.25, 0.3) is 0 Å². The second-order valence-corrected chi connectivity index (χ2v) is 8.93. The highest BCUT2D eigenvalue weighted by Crippen LogP contribution is 2.24. The average molecular weight is 414 g/mol. The highest BCUT2D eigenvalue weighted by molar-refractivity contribution is 5.79. The molecule has 0 aliphatic carbocycles. The number of amides is 2. The van der Waals surface area contributed by atoms with Crippen LogP contribution in [0, 0.1) is 5.92 Å². The fraction of sp³-hybridized carbons (Fsp3) is 0.696. The van der Waals surface area contributed by atoms with Gasteiger partial charge in [-0.1, -0.05) is 6.07 Å². The zero-order valence-corrected chi connectivity index (χ0v) is 18.0. The largest absolute Gasteiger partial charge is 0.350 e. The molecule has 0 spiro atoms. The van der Waals surface area contributed by atoms with Gasteiger partial charge in [-0.3, -0.25) is 19.5 Å². The summed E-state index contributed by atoms with van der Waals surface area (Å²) >= 11 is 0. The summed E-state index contributed by atoms with van der Waals surface area (Å²) in [6, 6.07) is 6.37. The first-order valence-electron chi connectivity index (χ1n) is 11.6. The molecule has 0 aromatic carbocycles. The molecule has 164 valence electrons. The third-order valence-corrected chi connectivity index (χ3v) is 6.92. The van der Waals surface area contributed by atoms with E-state index in [2.05, 4.69) is 20.1 Å². The predicted molar refractivity (Wildman–Crippen MR) is 116 cm³/mol. The van der Waals surface area contributed by atoms with Crippen LogP contribution in [0.4, 0.5) is 0 Å². The molecule has 0 unspecified atom stereocenters. The molecule has 3 aliphatic heterocycles. The molecule has 1 aromatic heterocycles. The Morgan fingerprint density at radius 1 is 1.07 bits per heavy atom. The lowest BCUT2D eigenvalue weighted by Crippen LogP contribution is -2.51. The summed E-state index contributed by atoms with van der Waals surface area (Å²) in [5.41, 5.74) is 0.904. The van der Waals surface area contributed by atoms with Gasteiger partial charge in [0.15, 0.2) is 0 Å². The van der Waals surface area contributed by atoms with E-state index in [0.29, 0.717) is 18.5 Å². The highest BCUT2D eigenvalue weighted by Gasteiger charge is 2.32. The Hall–Kier alpha value is -1.99. The normalized spacial score (nSPS) is 24.3. The maximum absolute atomic E-state index is 12.7. The second kappa shape index (κ2) is 10.4. The number of nitrogens with zero attached hydrogens (tertiary/aromatic N) is 4. The Bertz CT molecular complexity index is 705. The van der Waals surface area contributed by atoms with Crippen molar-refractivity contribution in [3.05, 3.63) is 30.1 Å². The summed E-state index contributed by atoms with van der Waals surface area (Å²) in [5.74, 6) is 0.574. The van der Waals surface area contributed by atoms with Crippen molar-refractivity contribution in [1.29, 1.82) is 0 Å². The van der Waals surface area contributed by atoms with Crippen LogP contribution in [-0.4, -0.2) is 83.4 Å². The fourth-order valence-electron chi connectivity index (χ4n) is 5.09. The van der Waals surface area contributed by atoms with Crippen LogP contribution in [0.5, 0.6) is 0 Å². The third kappa shape index (κ3) is 5.58. The van der Waals surface area contributed by atoms with E-state index in [4.69, 9.17) is 0 Å². The van der Waals surface area contributed by atoms with Gasteiger partial charge in [-0.05, 0) is 63.9 Å². The van der Waals surface area contributed by atoms with E-state index in [0.717, 1.165) is 90.0 Å². The zero-order chi connectivity index (χ0) is 20.8. The fourth-order valence-corrected chi connectivity index (χ4v) is 5.09. The lowest BCUT2D eigenvalue weighted by molar-refractivity contribution is -0.128. The monoisotopic (exact) mass is 413 g/mol. The minimum absolute atomic E-state index is 0.0849. The number of carbonyl (C=O) groups is 2. The molecule has 1 N–H and O–H groups in total. The number of hydrogen-bond acceptors (Lipinski definition) is 5. The van der Waals surface area contributed by atoms with Gasteiger partial charge in [0.05, 0.1) is 18.2 Å². The number of hydrogen-bond donors (Lipinski definition) is 1. The number of nitrogens with one attached hydrogen (secondary N) is 1. The van der Waals surface area contributed by atoms with Crippen molar-refractivity contribution < 1.29 is 9.59 Å². The Morgan fingerprint density at radius 3 is 2.67 bits per heavy atom. The van der Waals surface area contributed by atoms with Crippen molar-refractivity contribution >= 4 is 11.8 Å². The summed E-state index contributed by atoms with van der Waals surface area (Å²) in [7, 11) is 0. The van der Waals surface area contributed by atoms with E-state index in [1.807, 2.05) is 23.1 Å². The Labute approximate surface area is 179 Å². The summed E-state index contributed by atoms with van der Waals surface area (Å²) in [6.07, 6.45) is 7.91. The van der Waals surface area contributed by atoms with Gasteiger partial charge in [-0.2, -0.15) is 0 Å². The first kappa shape index (κ1) is 21.2. The summed E-state index contributed by atoms with van der Waals surface area (Å²) in [4.78, 5) is 35.8. The number of aromatic nitrogens is 1. The Kier molecular flexibility index (Phi) is 7.33. The zero-order valence-electron chi connectivity index (χ0n) is 18.0. The molecule has 7 nitrogen and oxygen atoms in total. The second-order valence-electron chi connectivity index (χ2n) is 8.93. The molecular weight excluding hydrogens is 378 g/mol. The number of rotatable bonds is 7. The van der Waals surface area contributed by atoms with Crippen LogP contribution in [0.3, 0.4) is 0 Å². The van der Waals surface area contributed by atoms with Crippen LogP contribution in [0.2, 0.25) is 0 Å². The maximum atomic E-state index is 12.7. The van der Waals surface area contributed by atoms with Gasteiger partial charge in [-0.25, -0.2) is 0 Å². The van der Waals surface area contributed by atoms with E-state index in [1.165, 1.54) is 0 Å². The van der Waals surface area contributed by atoms with E-state index in [9.17, 15) is 9.59 Å². The lowest BCUT2D eigenvalue weighted by atomic mass is 9.93. The van der Waals surface area contributed by atoms with Gasteiger partial charge in [-0.15, -0.1) is 0 Å². The van der Waals surface area contributed by atoms with Crippen LogP contribution in [0.15, 0.2) is 24.4 Å². The molecule has 1 aromatic rings. The Morgan fingerprint density at radius 2 is 1.93 bits per heavy atom. The molecule has 2 amide bonds. The maximum Gasteiger partial charge on any atom is 0.224 e. The SMILES string of the molecule is O=C(NCc1ccccn1)[C@H]1CCCN(C2CCN(CCN3CCCC3=O)CC2)C1. The van der Waals surface area contributed by atoms with E-state index < -0.39 is 0 Å². The molecule has 0 radical (unpaired) electrons. The van der Waals surface area contributed by atoms with Gasteiger partial charge in [0, 0.05) is 44.8 Å². The molecule has 3 saturated heterocycles. The topological polar surface area (TPSA) is 68.8 Å².